The molecule has 1 unspecified atom stereocenters. The number of H-pyrrole nitrogens is 2. The van der Waals surface area contributed by atoms with Crippen molar-refractivity contribution in [1.29, 1.82) is 0 Å². The molecule has 1 atom stereocenters. The number of methoxy groups -OCH3 is 1. The Labute approximate surface area is 203 Å². The molecule has 4 aromatic rings. The Bertz CT molecular complexity index is 1390. The summed E-state index contributed by atoms with van der Waals surface area (Å²) in [7, 11) is 1.38. The zero-order chi connectivity index (χ0) is 24.4. The molecule has 6 nitrogen and oxygen atoms in total. The molecule has 1 aliphatic rings. The number of fused-ring (bicyclic) bond motifs is 2. The minimum atomic E-state index is -0.356. The van der Waals surface area contributed by atoms with Gasteiger partial charge in [-0.05, 0) is 72.7 Å². The van der Waals surface area contributed by atoms with Crippen molar-refractivity contribution in [3.05, 3.63) is 94.2 Å². The maximum Gasteiger partial charge on any atom is 0.330 e. The number of aryl methyl sites for hydroxylation is 2. The van der Waals surface area contributed by atoms with Gasteiger partial charge in [-0.3, -0.25) is 10.00 Å². The molecule has 1 aliphatic carbocycles. The number of carbonyl (C=O) groups is 1. The molecule has 180 valence electrons. The second-order valence-corrected chi connectivity index (χ2v) is 9.11. The van der Waals surface area contributed by atoms with Gasteiger partial charge in [0.1, 0.15) is 5.82 Å². The monoisotopic (exact) mass is 472 g/mol. The van der Waals surface area contributed by atoms with Crippen molar-refractivity contribution >= 4 is 22.9 Å². The molecule has 0 saturated carbocycles. The summed E-state index contributed by atoms with van der Waals surface area (Å²) in [5.74, 6) is -0.587. The van der Waals surface area contributed by atoms with Crippen molar-refractivity contribution in [3.63, 3.8) is 0 Å². The Balaban J connectivity index is 1.39. The van der Waals surface area contributed by atoms with Crippen LogP contribution in [0.3, 0.4) is 0 Å². The van der Waals surface area contributed by atoms with Crippen LogP contribution in [0.5, 0.6) is 0 Å². The van der Waals surface area contributed by atoms with Crippen LogP contribution in [0.15, 0.2) is 54.9 Å². The number of hydrogen-bond acceptors (Lipinski definition) is 4. The lowest BCUT2D eigenvalue weighted by Crippen LogP contribution is -2.29. The third kappa shape index (κ3) is 4.91. The summed E-state index contributed by atoms with van der Waals surface area (Å²) < 4.78 is 18.3. The number of carbonyl (C=O) groups excluding carboxylic acids is 1. The molecule has 0 saturated heterocycles. The fourth-order valence-electron chi connectivity index (χ4n) is 5.06. The summed E-state index contributed by atoms with van der Waals surface area (Å²) in [5.41, 5.74) is 7.95. The number of nitrogens with zero attached hydrogens (tertiary/aromatic N) is 2. The average molecular weight is 473 g/mol. The van der Waals surface area contributed by atoms with Crippen molar-refractivity contribution in [2.45, 2.75) is 38.8 Å². The highest BCUT2D eigenvalue weighted by Crippen LogP contribution is 2.37. The van der Waals surface area contributed by atoms with E-state index in [1.165, 1.54) is 41.5 Å². The Kier molecular flexibility index (Phi) is 6.51. The molecule has 0 bridgehead atoms. The number of nitrogens with one attached hydrogen (secondary N) is 2. The fraction of sp³-hybridized carbons (Fsp3) is 0.286. The minimum absolute atomic E-state index is 0.230. The van der Waals surface area contributed by atoms with Crippen LogP contribution in [-0.2, 0) is 28.9 Å². The molecule has 2 N–H and O–H groups in total. The molecule has 2 aromatic carbocycles. The highest BCUT2D eigenvalue weighted by Gasteiger charge is 2.28. The lowest BCUT2D eigenvalue weighted by Gasteiger charge is -2.29. The zero-order valence-corrected chi connectivity index (χ0v) is 20.0. The van der Waals surface area contributed by atoms with Crippen LogP contribution in [0, 0.1) is 12.7 Å². The number of ether oxygens (including phenoxy) is 1. The number of aromatic amines is 2. The summed E-state index contributed by atoms with van der Waals surface area (Å²) in [6.45, 7) is 3.72. The Morgan fingerprint density at radius 3 is 2.94 bits per heavy atom. The van der Waals surface area contributed by atoms with Crippen LogP contribution >= 0.6 is 0 Å². The van der Waals surface area contributed by atoms with E-state index in [2.05, 4.69) is 45.2 Å². The van der Waals surface area contributed by atoms with Crippen molar-refractivity contribution < 1.29 is 13.9 Å². The fourth-order valence-corrected chi connectivity index (χ4v) is 5.06. The molecular weight excluding hydrogens is 443 g/mol. The van der Waals surface area contributed by atoms with E-state index in [0.717, 1.165) is 54.5 Å². The van der Waals surface area contributed by atoms with Gasteiger partial charge >= 0.3 is 5.97 Å². The summed E-state index contributed by atoms with van der Waals surface area (Å²) in [4.78, 5) is 17.2. The number of esters is 1. The Morgan fingerprint density at radius 2 is 2.14 bits per heavy atom. The van der Waals surface area contributed by atoms with Gasteiger partial charge in [0.15, 0.2) is 0 Å². The van der Waals surface area contributed by atoms with Crippen molar-refractivity contribution in [2.75, 3.05) is 13.7 Å². The summed E-state index contributed by atoms with van der Waals surface area (Å²) in [5, 5.41) is 8.35. The summed E-state index contributed by atoms with van der Waals surface area (Å²) in [6, 6.07) is 11.6. The van der Waals surface area contributed by atoms with E-state index in [-0.39, 0.29) is 11.8 Å². The highest BCUT2D eigenvalue weighted by molar-refractivity contribution is 5.87. The van der Waals surface area contributed by atoms with Crippen molar-refractivity contribution in [2.24, 2.45) is 0 Å². The normalized spacial score (nSPS) is 15.4. The zero-order valence-electron chi connectivity index (χ0n) is 20.0. The SMILES string of the molecule is COC(=O)/C=C/c1ccc2c(c1)CCC2N(CCc1c[nH]c2cc(F)ccc12)Cc1cn[nH]c1C. The van der Waals surface area contributed by atoms with Gasteiger partial charge in [-0.15, -0.1) is 0 Å². The van der Waals surface area contributed by atoms with E-state index in [1.54, 1.807) is 12.1 Å². The van der Waals surface area contributed by atoms with E-state index < -0.39 is 0 Å². The van der Waals surface area contributed by atoms with E-state index in [1.807, 2.05) is 18.5 Å². The third-order valence-corrected chi connectivity index (χ3v) is 6.97. The first-order valence-corrected chi connectivity index (χ1v) is 11.9. The topological polar surface area (TPSA) is 74.0 Å². The first kappa shape index (κ1) is 23.1. The first-order chi connectivity index (χ1) is 17.0. The van der Waals surface area contributed by atoms with Gasteiger partial charge in [-0.1, -0.05) is 18.2 Å². The molecule has 0 radical (unpaired) electrons. The second kappa shape index (κ2) is 9.88. The van der Waals surface area contributed by atoms with Crippen LogP contribution in [0.25, 0.3) is 17.0 Å². The van der Waals surface area contributed by atoms with Gasteiger partial charge in [0.25, 0.3) is 0 Å². The van der Waals surface area contributed by atoms with E-state index in [4.69, 9.17) is 4.74 Å². The molecule has 2 aromatic heterocycles. The maximum atomic E-state index is 13.6. The average Bonchev–Trinajstić information content (AvgIpc) is 3.58. The lowest BCUT2D eigenvalue weighted by atomic mass is 10.0. The summed E-state index contributed by atoms with van der Waals surface area (Å²) in [6.07, 6.45) is 10.0. The number of hydrogen-bond donors (Lipinski definition) is 2. The molecule has 2 heterocycles. The number of benzene rings is 2. The van der Waals surface area contributed by atoms with Gasteiger partial charge in [0, 0.05) is 53.6 Å². The van der Waals surface area contributed by atoms with Crippen molar-refractivity contribution in [3.8, 4) is 0 Å². The third-order valence-electron chi connectivity index (χ3n) is 6.97. The number of rotatable bonds is 8. The molecule has 0 fully saturated rings. The number of halogens is 1. The molecule has 35 heavy (non-hydrogen) atoms. The largest absolute Gasteiger partial charge is 0.466 e. The van der Waals surface area contributed by atoms with Gasteiger partial charge in [-0.25, -0.2) is 9.18 Å². The van der Waals surface area contributed by atoms with E-state index in [9.17, 15) is 9.18 Å². The van der Waals surface area contributed by atoms with Crippen LogP contribution in [0.1, 0.15) is 46.0 Å². The molecule has 0 aliphatic heterocycles. The van der Waals surface area contributed by atoms with E-state index in [0.29, 0.717) is 6.04 Å². The molecule has 0 amide bonds. The highest BCUT2D eigenvalue weighted by atomic mass is 19.1. The van der Waals surface area contributed by atoms with E-state index >= 15 is 0 Å². The molecular formula is C28H29FN4O2. The molecule has 0 spiro atoms. The Morgan fingerprint density at radius 1 is 1.26 bits per heavy atom. The van der Waals surface area contributed by atoms with Crippen LogP contribution in [0.2, 0.25) is 0 Å². The summed E-state index contributed by atoms with van der Waals surface area (Å²) >= 11 is 0. The van der Waals surface area contributed by atoms with Crippen LogP contribution in [0.4, 0.5) is 4.39 Å². The predicted molar refractivity (Wildman–Crippen MR) is 134 cm³/mol. The van der Waals surface area contributed by atoms with Crippen LogP contribution < -0.4 is 0 Å². The standard InChI is InChI=1S/C28H29FN4O2/c1-18-22(16-31-32-18)17-33(12-11-21-15-30-26-14-23(29)6-8-24(21)26)27-9-5-20-13-19(3-7-25(20)27)4-10-28(34)35-2/h3-4,6-8,10,13-16,27,30H,5,9,11-12,17H2,1-2H3,(H,31,32)/b10-4+. The van der Waals surface area contributed by atoms with Gasteiger partial charge in [0.05, 0.1) is 13.3 Å². The van der Waals surface area contributed by atoms with Crippen molar-refractivity contribution in [1.82, 2.24) is 20.1 Å². The van der Waals surface area contributed by atoms with Gasteiger partial charge < -0.3 is 9.72 Å². The lowest BCUT2D eigenvalue weighted by molar-refractivity contribution is -0.134. The Hall–Kier alpha value is -3.71. The molecule has 7 heteroatoms. The predicted octanol–water partition coefficient (Wildman–Crippen LogP) is 5.26. The van der Waals surface area contributed by atoms with Gasteiger partial charge in [0.2, 0.25) is 0 Å². The first-order valence-electron chi connectivity index (χ1n) is 11.9. The second-order valence-electron chi connectivity index (χ2n) is 9.11. The van der Waals surface area contributed by atoms with Crippen LogP contribution in [-0.4, -0.2) is 39.7 Å². The smallest absolute Gasteiger partial charge is 0.330 e. The quantitative estimate of drug-likeness (QED) is 0.271. The maximum absolute atomic E-state index is 13.6. The molecule has 5 rings (SSSR count). The minimum Gasteiger partial charge on any atom is -0.466 e. The number of aromatic nitrogens is 3. The van der Waals surface area contributed by atoms with Gasteiger partial charge in [-0.2, -0.15) is 5.10 Å².